The maximum absolute atomic E-state index is 13.1. The molecule has 0 aliphatic carbocycles. The van der Waals surface area contributed by atoms with Crippen molar-refractivity contribution >= 4 is 17.3 Å². The minimum Gasteiger partial charge on any atom is -0.482 e. The molecule has 30 heavy (non-hydrogen) atoms. The van der Waals surface area contributed by atoms with Crippen molar-refractivity contribution in [1.82, 2.24) is 9.80 Å². The van der Waals surface area contributed by atoms with Gasteiger partial charge in [-0.15, -0.1) is 0 Å². The Bertz CT molecular complexity index is 922. The smallest absolute Gasteiger partial charge is 0.271 e. The number of amides is 1. The first kappa shape index (κ1) is 21.5. The van der Waals surface area contributed by atoms with E-state index in [1.165, 1.54) is 30.3 Å². The van der Waals surface area contributed by atoms with Gasteiger partial charge in [-0.1, -0.05) is 12.1 Å². The zero-order valence-corrected chi connectivity index (χ0v) is 17.0. The van der Waals surface area contributed by atoms with E-state index < -0.39 is 4.92 Å². The van der Waals surface area contributed by atoms with E-state index in [0.717, 1.165) is 5.56 Å². The normalized spacial score (nSPS) is 19.5. The zero-order chi connectivity index (χ0) is 21.8. The molecular formula is C21H25FN4O4. The molecule has 1 amide bonds. The number of nitro benzene ring substituents is 1. The fourth-order valence-corrected chi connectivity index (χ4v) is 3.59. The van der Waals surface area contributed by atoms with Crippen molar-refractivity contribution in [2.45, 2.75) is 32.5 Å². The van der Waals surface area contributed by atoms with Crippen LogP contribution in [-0.4, -0.2) is 52.4 Å². The maximum atomic E-state index is 13.1. The highest BCUT2D eigenvalue weighted by Crippen LogP contribution is 2.26. The van der Waals surface area contributed by atoms with Crippen molar-refractivity contribution in [2.24, 2.45) is 0 Å². The molecule has 0 radical (unpaired) electrons. The first-order valence-electron chi connectivity index (χ1n) is 9.69. The number of hydrogen-bond donors (Lipinski definition) is 1. The Morgan fingerprint density at radius 1 is 1.20 bits per heavy atom. The Hall–Kier alpha value is -3.20. The minimum absolute atomic E-state index is 0.0213. The first-order valence-corrected chi connectivity index (χ1v) is 9.69. The molecule has 1 heterocycles. The zero-order valence-electron chi connectivity index (χ0n) is 17.0. The van der Waals surface area contributed by atoms with Gasteiger partial charge in [-0.3, -0.25) is 19.8 Å². The molecule has 9 heteroatoms. The van der Waals surface area contributed by atoms with Crippen LogP contribution in [0.5, 0.6) is 5.75 Å². The van der Waals surface area contributed by atoms with Crippen LogP contribution in [0.4, 0.5) is 15.8 Å². The summed E-state index contributed by atoms with van der Waals surface area (Å²) in [6, 6.07) is 10.4. The Morgan fingerprint density at radius 3 is 2.53 bits per heavy atom. The summed E-state index contributed by atoms with van der Waals surface area (Å²) in [5, 5.41) is 10.8. The van der Waals surface area contributed by atoms with Crippen molar-refractivity contribution in [3.8, 4) is 5.75 Å². The first-order chi connectivity index (χ1) is 14.2. The summed E-state index contributed by atoms with van der Waals surface area (Å²) in [7, 11) is 0. The van der Waals surface area contributed by atoms with Crippen LogP contribution in [0.1, 0.15) is 19.4 Å². The van der Waals surface area contributed by atoms with Gasteiger partial charge in [-0.2, -0.15) is 0 Å². The number of benzene rings is 2. The maximum Gasteiger partial charge on any atom is 0.271 e. The molecule has 2 atom stereocenters. The van der Waals surface area contributed by atoms with Crippen LogP contribution in [0, 0.1) is 15.9 Å². The van der Waals surface area contributed by atoms with Crippen molar-refractivity contribution in [3.05, 3.63) is 64.0 Å². The highest BCUT2D eigenvalue weighted by atomic mass is 19.1. The average molecular weight is 416 g/mol. The molecule has 0 bridgehead atoms. The van der Waals surface area contributed by atoms with Gasteiger partial charge >= 0.3 is 0 Å². The number of nitrogens with zero attached hydrogens (tertiary/aromatic N) is 3. The SMILES string of the molecule is C[C@@H]1CN(Cc2ccc(F)cc2)[C@@H](C)CN1C(=O)COc1ccc([N+](=O)[O-])cc1N. The number of nitrogen functional groups attached to an aromatic ring is 1. The summed E-state index contributed by atoms with van der Waals surface area (Å²) >= 11 is 0. The topological polar surface area (TPSA) is 102 Å². The highest BCUT2D eigenvalue weighted by molar-refractivity contribution is 5.78. The molecule has 1 saturated heterocycles. The Kier molecular flexibility index (Phi) is 6.51. The summed E-state index contributed by atoms with van der Waals surface area (Å²) in [5.41, 5.74) is 6.79. The lowest BCUT2D eigenvalue weighted by Crippen LogP contribution is -2.58. The summed E-state index contributed by atoms with van der Waals surface area (Å²) in [5.74, 6) is -0.192. The minimum atomic E-state index is -0.542. The third-order valence-electron chi connectivity index (χ3n) is 5.29. The third kappa shape index (κ3) is 5.04. The Labute approximate surface area is 174 Å². The van der Waals surface area contributed by atoms with Gasteiger partial charge in [0, 0.05) is 43.9 Å². The highest BCUT2D eigenvalue weighted by Gasteiger charge is 2.32. The van der Waals surface area contributed by atoms with Crippen molar-refractivity contribution in [2.75, 3.05) is 25.4 Å². The van der Waals surface area contributed by atoms with E-state index in [-0.39, 0.29) is 47.5 Å². The lowest BCUT2D eigenvalue weighted by molar-refractivity contribution is -0.384. The van der Waals surface area contributed by atoms with Gasteiger partial charge in [0.2, 0.25) is 0 Å². The lowest BCUT2D eigenvalue weighted by atomic mass is 10.1. The number of rotatable bonds is 6. The quantitative estimate of drug-likeness (QED) is 0.441. The fraction of sp³-hybridized carbons (Fsp3) is 0.381. The van der Waals surface area contributed by atoms with Gasteiger partial charge in [0.25, 0.3) is 11.6 Å². The number of non-ortho nitro benzene ring substituents is 1. The van der Waals surface area contributed by atoms with Crippen LogP contribution in [-0.2, 0) is 11.3 Å². The molecule has 0 spiro atoms. The van der Waals surface area contributed by atoms with Crippen LogP contribution in [0.15, 0.2) is 42.5 Å². The number of nitrogens with two attached hydrogens (primary N) is 1. The van der Waals surface area contributed by atoms with E-state index >= 15 is 0 Å². The van der Waals surface area contributed by atoms with E-state index in [1.54, 1.807) is 17.0 Å². The molecule has 1 aliphatic heterocycles. The van der Waals surface area contributed by atoms with Crippen molar-refractivity contribution in [1.29, 1.82) is 0 Å². The largest absolute Gasteiger partial charge is 0.482 e. The van der Waals surface area contributed by atoms with Gasteiger partial charge in [0.05, 0.1) is 10.6 Å². The lowest BCUT2D eigenvalue weighted by Gasteiger charge is -2.44. The number of nitro groups is 1. The van der Waals surface area contributed by atoms with E-state index in [1.807, 2.05) is 13.8 Å². The molecule has 8 nitrogen and oxygen atoms in total. The Balaban J connectivity index is 1.57. The van der Waals surface area contributed by atoms with Crippen LogP contribution in [0.3, 0.4) is 0 Å². The van der Waals surface area contributed by atoms with Crippen molar-refractivity contribution in [3.63, 3.8) is 0 Å². The van der Waals surface area contributed by atoms with E-state index in [4.69, 9.17) is 10.5 Å². The van der Waals surface area contributed by atoms with Gasteiger partial charge in [-0.25, -0.2) is 4.39 Å². The van der Waals surface area contributed by atoms with Crippen LogP contribution < -0.4 is 10.5 Å². The van der Waals surface area contributed by atoms with E-state index in [0.29, 0.717) is 19.6 Å². The van der Waals surface area contributed by atoms with Gasteiger partial charge < -0.3 is 15.4 Å². The predicted octanol–water partition coefficient (Wildman–Crippen LogP) is 2.82. The standard InChI is InChI=1S/C21H25FN4O4/c1-14-11-25(15(2)10-24(14)12-16-3-5-17(22)6-4-16)21(27)13-30-20-8-7-18(26(28)29)9-19(20)23/h3-9,14-15H,10-13,23H2,1-2H3/t14-,15+/m0/s1. The monoisotopic (exact) mass is 416 g/mol. The van der Waals surface area contributed by atoms with Crippen LogP contribution >= 0.6 is 0 Å². The number of halogens is 1. The molecule has 1 fully saturated rings. The fourth-order valence-electron chi connectivity index (χ4n) is 3.59. The molecule has 160 valence electrons. The van der Waals surface area contributed by atoms with Crippen LogP contribution in [0.25, 0.3) is 0 Å². The number of piperazine rings is 1. The third-order valence-corrected chi connectivity index (χ3v) is 5.29. The van der Waals surface area contributed by atoms with Gasteiger partial charge in [0.15, 0.2) is 6.61 Å². The van der Waals surface area contributed by atoms with Crippen LogP contribution in [0.2, 0.25) is 0 Å². The molecular weight excluding hydrogens is 391 g/mol. The van der Waals surface area contributed by atoms with E-state index in [2.05, 4.69) is 4.90 Å². The van der Waals surface area contributed by atoms with Gasteiger partial charge in [-0.05, 0) is 37.6 Å². The molecule has 3 rings (SSSR count). The average Bonchev–Trinajstić information content (AvgIpc) is 2.70. The van der Waals surface area contributed by atoms with Crippen molar-refractivity contribution < 1.29 is 18.8 Å². The predicted molar refractivity (Wildman–Crippen MR) is 110 cm³/mol. The molecule has 2 aromatic rings. The summed E-state index contributed by atoms with van der Waals surface area (Å²) in [6.07, 6.45) is 0. The molecule has 0 saturated carbocycles. The Morgan fingerprint density at radius 2 is 1.90 bits per heavy atom. The second-order valence-electron chi connectivity index (χ2n) is 7.57. The van der Waals surface area contributed by atoms with E-state index in [9.17, 15) is 19.3 Å². The molecule has 2 aromatic carbocycles. The summed E-state index contributed by atoms with van der Waals surface area (Å²) in [6.45, 7) is 5.73. The second kappa shape index (κ2) is 9.08. The van der Waals surface area contributed by atoms with Gasteiger partial charge in [0.1, 0.15) is 11.6 Å². The summed E-state index contributed by atoms with van der Waals surface area (Å²) in [4.78, 5) is 27.0. The number of hydrogen-bond acceptors (Lipinski definition) is 6. The molecule has 0 aromatic heterocycles. The number of anilines is 1. The second-order valence-corrected chi connectivity index (χ2v) is 7.57. The molecule has 1 aliphatic rings. The number of carbonyl (C=O) groups is 1. The number of carbonyl (C=O) groups excluding carboxylic acids is 1. The summed E-state index contributed by atoms with van der Waals surface area (Å²) < 4.78 is 18.6. The molecule has 0 unspecified atom stereocenters. The molecule has 2 N–H and O–H groups in total. The number of ether oxygens (including phenoxy) is 1.